The van der Waals surface area contributed by atoms with Crippen LogP contribution in [0.3, 0.4) is 0 Å². The first kappa shape index (κ1) is 13.0. The number of hydrogen-bond donors (Lipinski definition) is 1. The molecule has 4 heteroatoms. The molecule has 2 nitrogen and oxygen atoms in total. The normalized spacial score (nSPS) is 16.2. The molecule has 0 aliphatic carbocycles. The Bertz CT molecular complexity index is 409. The molecule has 0 amide bonds. The van der Waals surface area contributed by atoms with Crippen molar-refractivity contribution in [2.45, 2.75) is 26.4 Å². The first-order chi connectivity index (χ1) is 7.46. The zero-order valence-corrected chi connectivity index (χ0v) is 9.92. The van der Waals surface area contributed by atoms with Gasteiger partial charge in [-0.05, 0) is 25.5 Å². The van der Waals surface area contributed by atoms with Gasteiger partial charge in [0.25, 0.3) is 0 Å². The highest BCUT2D eigenvalue weighted by atomic mass is 35.5. The summed E-state index contributed by atoms with van der Waals surface area (Å²) in [6.45, 7) is 3.35. The average molecular weight is 242 g/mol. The highest BCUT2D eigenvalue weighted by molar-refractivity contribution is 6.31. The Morgan fingerprint density at radius 3 is 2.69 bits per heavy atom. The van der Waals surface area contributed by atoms with Crippen LogP contribution >= 0.6 is 11.6 Å². The largest absolute Gasteiger partial charge is 0.387 e. The van der Waals surface area contributed by atoms with Crippen LogP contribution in [0, 0.1) is 22.6 Å². The lowest BCUT2D eigenvalue weighted by atomic mass is 9.80. The molecule has 1 rings (SSSR count). The number of aliphatic hydroxyl groups is 1. The van der Waals surface area contributed by atoms with Crippen molar-refractivity contribution in [1.82, 2.24) is 0 Å². The van der Waals surface area contributed by atoms with Crippen molar-refractivity contribution in [3.05, 3.63) is 34.6 Å². The van der Waals surface area contributed by atoms with Crippen LogP contribution in [0.2, 0.25) is 5.02 Å². The summed E-state index contributed by atoms with van der Waals surface area (Å²) in [5.41, 5.74) is -1.04. The monoisotopic (exact) mass is 241 g/mol. The van der Waals surface area contributed by atoms with Gasteiger partial charge in [0.15, 0.2) is 0 Å². The summed E-state index contributed by atoms with van der Waals surface area (Å²) in [7, 11) is 0. The van der Waals surface area contributed by atoms with Gasteiger partial charge in [0.2, 0.25) is 0 Å². The van der Waals surface area contributed by atoms with Crippen LogP contribution in [0.25, 0.3) is 0 Å². The summed E-state index contributed by atoms with van der Waals surface area (Å²) < 4.78 is 13.6. The zero-order valence-electron chi connectivity index (χ0n) is 9.17. The van der Waals surface area contributed by atoms with Crippen molar-refractivity contribution < 1.29 is 9.50 Å². The molecule has 16 heavy (non-hydrogen) atoms. The summed E-state index contributed by atoms with van der Waals surface area (Å²) >= 11 is 5.83. The molecule has 2 unspecified atom stereocenters. The van der Waals surface area contributed by atoms with Gasteiger partial charge in [-0.1, -0.05) is 24.6 Å². The van der Waals surface area contributed by atoms with Crippen LogP contribution in [0.4, 0.5) is 4.39 Å². The Kier molecular flexibility index (Phi) is 3.90. The van der Waals surface area contributed by atoms with Crippen LogP contribution in [-0.4, -0.2) is 5.11 Å². The Labute approximate surface area is 99.3 Å². The van der Waals surface area contributed by atoms with E-state index in [2.05, 4.69) is 0 Å². The molecule has 0 heterocycles. The number of halogens is 2. The van der Waals surface area contributed by atoms with Crippen LogP contribution in [-0.2, 0) is 0 Å². The molecule has 2 atom stereocenters. The van der Waals surface area contributed by atoms with E-state index in [4.69, 9.17) is 16.9 Å². The maximum Gasteiger partial charge on any atom is 0.130 e. The van der Waals surface area contributed by atoms with Gasteiger partial charge in [0, 0.05) is 10.6 Å². The van der Waals surface area contributed by atoms with Gasteiger partial charge in [0.1, 0.15) is 11.9 Å². The minimum atomic E-state index is -1.23. The molecule has 0 bridgehead atoms. The molecule has 0 aliphatic rings. The molecular formula is C12H13ClFNO. The highest BCUT2D eigenvalue weighted by Crippen LogP contribution is 2.39. The SMILES string of the molecule is CCC(C)(C#N)C(O)c1c(F)cccc1Cl. The zero-order chi connectivity index (χ0) is 12.3. The van der Waals surface area contributed by atoms with Gasteiger partial charge < -0.3 is 5.11 Å². The van der Waals surface area contributed by atoms with Crippen LogP contribution in [0.5, 0.6) is 0 Å². The molecule has 0 saturated heterocycles. The summed E-state index contributed by atoms with van der Waals surface area (Å²) in [4.78, 5) is 0. The number of benzene rings is 1. The third-order valence-corrected chi connectivity index (χ3v) is 3.20. The van der Waals surface area contributed by atoms with Crippen LogP contribution in [0.1, 0.15) is 31.9 Å². The lowest BCUT2D eigenvalue weighted by molar-refractivity contribution is 0.0690. The Morgan fingerprint density at radius 2 is 2.25 bits per heavy atom. The topological polar surface area (TPSA) is 44.0 Å². The molecule has 0 spiro atoms. The number of aliphatic hydroxyl groups excluding tert-OH is 1. The molecule has 0 saturated carbocycles. The summed E-state index contributed by atoms with van der Waals surface area (Å²) in [5, 5.41) is 19.2. The van der Waals surface area contributed by atoms with E-state index in [1.807, 2.05) is 6.07 Å². The molecule has 1 N–H and O–H groups in total. The van der Waals surface area contributed by atoms with Gasteiger partial charge in [0.05, 0.1) is 11.5 Å². The van der Waals surface area contributed by atoms with E-state index in [1.54, 1.807) is 13.8 Å². The second-order valence-corrected chi connectivity index (χ2v) is 4.33. The average Bonchev–Trinajstić information content (AvgIpc) is 2.27. The molecule has 1 aromatic carbocycles. The summed E-state index contributed by atoms with van der Waals surface area (Å²) in [6.07, 6.45) is -0.814. The van der Waals surface area contributed by atoms with Crippen molar-refractivity contribution in [3.63, 3.8) is 0 Å². The van der Waals surface area contributed by atoms with Crippen LogP contribution in [0.15, 0.2) is 18.2 Å². The Hall–Kier alpha value is -1.11. The fraction of sp³-hybridized carbons (Fsp3) is 0.417. The van der Waals surface area contributed by atoms with Crippen molar-refractivity contribution >= 4 is 11.6 Å². The molecule has 1 aromatic rings. The number of rotatable bonds is 3. The van der Waals surface area contributed by atoms with Gasteiger partial charge >= 0.3 is 0 Å². The third-order valence-electron chi connectivity index (χ3n) is 2.87. The second kappa shape index (κ2) is 4.82. The molecule has 0 aromatic heterocycles. The number of hydrogen-bond acceptors (Lipinski definition) is 2. The van der Waals surface area contributed by atoms with E-state index in [0.29, 0.717) is 6.42 Å². The first-order valence-electron chi connectivity index (χ1n) is 4.99. The quantitative estimate of drug-likeness (QED) is 0.881. The van der Waals surface area contributed by atoms with E-state index in [-0.39, 0.29) is 10.6 Å². The summed E-state index contributed by atoms with van der Waals surface area (Å²) in [5.74, 6) is -0.588. The molecule has 0 fully saturated rings. The highest BCUT2D eigenvalue weighted by Gasteiger charge is 2.35. The lowest BCUT2D eigenvalue weighted by Gasteiger charge is -2.27. The fourth-order valence-electron chi connectivity index (χ4n) is 1.42. The summed E-state index contributed by atoms with van der Waals surface area (Å²) in [6, 6.07) is 6.18. The molecular weight excluding hydrogens is 229 g/mol. The van der Waals surface area contributed by atoms with E-state index < -0.39 is 17.3 Å². The Balaban J connectivity index is 3.25. The lowest BCUT2D eigenvalue weighted by Crippen LogP contribution is -2.24. The van der Waals surface area contributed by atoms with Crippen molar-refractivity contribution in [3.8, 4) is 6.07 Å². The molecule has 0 aliphatic heterocycles. The van der Waals surface area contributed by atoms with Crippen molar-refractivity contribution in [2.24, 2.45) is 5.41 Å². The van der Waals surface area contributed by atoms with Crippen LogP contribution < -0.4 is 0 Å². The Morgan fingerprint density at radius 1 is 1.62 bits per heavy atom. The fourth-order valence-corrected chi connectivity index (χ4v) is 1.69. The minimum absolute atomic E-state index is 0.00457. The van der Waals surface area contributed by atoms with Gasteiger partial charge in [-0.25, -0.2) is 4.39 Å². The maximum atomic E-state index is 13.6. The third kappa shape index (κ3) is 2.18. The van der Waals surface area contributed by atoms with Gasteiger partial charge in [-0.2, -0.15) is 5.26 Å². The standard InChI is InChI=1S/C12H13ClFNO/c1-3-12(2,7-15)11(16)10-8(13)5-4-6-9(10)14/h4-6,11,16H,3H2,1-2H3. The predicted molar refractivity (Wildman–Crippen MR) is 60.4 cm³/mol. The maximum absolute atomic E-state index is 13.6. The number of nitriles is 1. The minimum Gasteiger partial charge on any atom is -0.387 e. The van der Waals surface area contributed by atoms with Crippen molar-refractivity contribution in [1.29, 1.82) is 5.26 Å². The van der Waals surface area contributed by atoms with E-state index in [9.17, 15) is 9.50 Å². The predicted octanol–water partition coefficient (Wildman–Crippen LogP) is 3.45. The van der Waals surface area contributed by atoms with E-state index in [1.165, 1.54) is 18.2 Å². The van der Waals surface area contributed by atoms with Gasteiger partial charge in [-0.15, -0.1) is 0 Å². The van der Waals surface area contributed by atoms with Gasteiger partial charge in [-0.3, -0.25) is 0 Å². The van der Waals surface area contributed by atoms with E-state index >= 15 is 0 Å². The molecule has 86 valence electrons. The molecule has 0 radical (unpaired) electrons. The van der Waals surface area contributed by atoms with Crippen molar-refractivity contribution in [2.75, 3.05) is 0 Å². The van der Waals surface area contributed by atoms with E-state index in [0.717, 1.165) is 0 Å². The number of nitrogens with zero attached hydrogens (tertiary/aromatic N) is 1. The first-order valence-corrected chi connectivity index (χ1v) is 5.37. The second-order valence-electron chi connectivity index (χ2n) is 3.92. The smallest absolute Gasteiger partial charge is 0.130 e.